The second-order valence-corrected chi connectivity index (χ2v) is 8.38. The zero-order valence-electron chi connectivity index (χ0n) is 17.7. The van der Waals surface area contributed by atoms with Gasteiger partial charge in [-0.05, 0) is 62.8 Å². The second kappa shape index (κ2) is 8.48. The van der Waals surface area contributed by atoms with Crippen molar-refractivity contribution in [3.05, 3.63) is 65.9 Å². The summed E-state index contributed by atoms with van der Waals surface area (Å²) in [7, 11) is 4.23. The van der Waals surface area contributed by atoms with Gasteiger partial charge < -0.3 is 19.5 Å². The van der Waals surface area contributed by atoms with Crippen LogP contribution in [0.1, 0.15) is 36.1 Å². The van der Waals surface area contributed by atoms with Crippen LogP contribution in [0, 0.1) is 5.92 Å². The van der Waals surface area contributed by atoms with Crippen molar-refractivity contribution in [3.8, 4) is 0 Å². The average molecular weight is 410 g/mol. The van der Waals surface area contributed by atoms with E-state index in [0.29, 0.717) is 29.5 Å². The lowest BCUT2D eigenvalue weighted by atomic mass is 9.96. The second-order valence-electron chi connectivity index (χ2n) is 8.38. The summed E-state index contributed by atoms with van der Waals surface area (Å²) in [6.07, 6.45) is 5.18. The molecule has 1 saturated heterocycles. The molecule has 0 bridgehead atoms. The fraction of sp³-hybridized carbons (Fsp3) is 0.375. The van der Waals surface area contributed by atoms with Gasteiger partial charge in [0, 0.05) is 42.5 Å². The van der Waals surface area contributed by atoms with E-state index in [4.69, 9.17) is 4.42 Å². The van der Waals surface area contributed by atoms with Gasteiger partial charge in [-0.1, -0.05) is 19.1 Å². The van der Waals surface area contributed by atoms with Crippen LogP contribution in [0.25, 0.3) is 5.57 Å². The number of halogens is 1. The Labute approximate surface area is 176 Å². The van der Waals surface area contributed by atoms with Gasteiger partial charge in [0.1, 0.15) is 11.6 Å². The molecule has 2 heterocycles. The Balaban J connectivity index is 1.40. The monoisotopic (exact) mass is 409 g/mol. The minimum atomic E-state index is -0.350. The molecule has 2 aliphatic rings. The Morgan fingerprint density at radius 3 is 2.63 bits per heavy atom. The van der Waals surface area contributed by atoms with Gasteiger partial charge >= 0.3 is 0 Å². The summed E-state index contributed by atoms with van der Waals surface area (Å²) in [4.78, 5) is 17.2. The number of nitrogens with one attached hydrogen (secondary N) is 1. The number of rotatable bonds is 5. The largest absolute Gasteiger partial charge is 0.451 e. The maximum Gasteiger partial charge on any atom is 0.291 e. The highest BCUT2D eigenvalue weighted by Gasteiger charge is 2.24. The van der Waals surface area contributed by atoms with E-state index >= 15 is 0 Å². The van der Waals surface area contributed by atoms with Crippen molar-refractivity contribution >= 4 is 22.9 Å². The van der Waals surface area contributed by atoms with Crippen molar-refractivity contribution in [2.24, 2.45) is 5.92 Å². The Morgan fingerprint density at radius 1 is 1.20 bits per heavy atom. The highest BCUT2D eigenvalue weighted by atomic mass is 19.1. The van der Waals surface area contributed by atoms with Crippen molar-refractivity contribution in [1.82, 2.24) is 4.90 Å². The molecule has 1 aromatic carbocycles. The summed E-state index contributed by atoms with van der Waals surface area (Å²) < 4.78 is 19.9. The normalized spacial score (nSPS) is 21.6. The molecule has 1 aromatic heterocycles. The van der Waals surface area contributed by atoms with Crippen LogP contribution in [0.5, 0.6) is 0 Å². The fourth-order valence-electron chi connectivity index (χ4n) is 3.98. The standard InChI is InChI=1S/C24H28FN3O2/c1-16-4-9-20(21(25)14-16)22-10-11-23(30-22)24(29)26-17-5-7-18(8-6-17)28-13-12-19(15-28)27(2)3/h4-11,16,19H,12-15H2,1-3H3,(H,26,29). The summed E-state index contributed by atoms with van der Waals surface area (Å²) in [5.74, 6) is 0.150. The average Bonchev–Trinajstić information content (AvgIpc) is 3.39. The van der Waals surface area contributed by atoms with Crippen molar-refractivity contribution in [2.45, 2.75) is 25.8 Å². The Kier molecular flexibility index (Phi) is 5.77. The SMILES string of the molecule is CC1C=CC(c2ccc(C(=O)Nc3ccc(N4CCC(N(C)C)C4)cc3)o2)=C(F)C1. The molecule has 4 rings (SSSR count). The molecular weight excluding hydrogens is 381 g/mol. The molecule has 5 nitrogen and oxygen atoms in total. The van der Waals surface area contributed by atoms with Crippen LogP contribution in [0.15, 0.2) is 58.8 Å². The van der Waals surface area contributed by atoms with E-state index in [1.165, 1.54) is 0 Å². The first-order chi connectivity index (χ1) is 14.4. The van der Waals surface area contributed by atoms with E-state index in [0.717, 1.165) is 25.2 Å². The number of anilines is 2. The number of hydrogen-bond acceptors (Lipinski definition) is 4. The molecule has 1 aliphatic carbocycles. The zero-order chi connectivity index (χ0) is 21.3. The van der Waals surface area contributed by atoms with E-state index in [9.17, 15) is 9.18 Å². The first-order valence-electron chi connectivity index (χ1n) is 10.4. The molecule has 1 N–H and O–H groups in total. The van der Waals surface area contributed by atoms with Crippen LogP contribution in [0.3, 0.4) is 0 Å². The van der Waals surface area contributed by atoms with Crippen molar-refractivity contribution in [1.29, 1.82) is 0 Å². The number of nitrogens with zero attached hydrogens (tertiary/aromatic N) is 2. The topological polar surface area (TPSA) is 48.7 Å². The molecule has 0 radical (unpaired) electrons. The molecule has 2 aromatic rings. The van der Waals surface area contributed by atoms with Gasteiger partial charge in [0.25, 0.3) is 5.91 Å². The number of carbonyl (C=O) groups excluding carboxylic acids is 1. The quantitative estimate of drug-likeness (QED) is 0.759. The fourth-order valence-corrected chi connectivity index (χ4v) is 3.98. The van der Waals surface area contributed by atoms with E-state index in [1.54, 1.807) is 18.2 Å². The summed E-state index contributed by atoms with van der Waals surface area (Å²) >= 11 is 0. The molecular formula is C24H28FN3O2. The molecule has 0 saturated carbocycles. The molecule has 30 heavy (non-hydrogen) atoms. The van der Waals surface area contributed by atoms with Gasteiger partial charge in [-0.15, -0.1) is 0 Å². The number of benzene rings is 1. The van der Waals surface area contributed by atoms with Crippen LogP contribution in [-0.4, -0.2) is 44.0 Å². The maximum atomic E-state index is 14.2. The maximum absolute atomic E-state index is 14.2. The summed E-state index contributed by atoms with van der Waals surface area (Å²) in [5, 5.41) is 2.85. The molecule has 1 amide bonds. The minimum Gasteiger partial charge on any atom is -0.451 e. The van der Waals surface area contributed by atoms with Crippen molar-refractivity contribution in [3.63, 3.8) is 0 Å². The van der Waals surface area contributed by atoms with Crippen LogP contribution in [0.2, 0.25) is 0 Å². The number of amides is 1. The molecule has 1 fully saturated rings. The number of carbonyl (C=O) groups is 1. The third kappa shape index (κ3) is 4.33. The highest BCUT2D eigenvalue weighted by Crippen LogP contribution is 2.32. The first kappa shape index (κ1) is 20.4. The molecule has 0 spiro atoms. The first-order valence-corrected chi connectivity index (χ1v) is 10.4. The molecule has 2 atom stereocenters. The van der Waals surface area contributed by atoms with Gasteiger partial charge in [0.05, 0.1) is 0 Å². The molecule has 2 unspecified atom stereocenters. The van der Waals surface area contributed by atoms with Crippen LogP contribution < -0.4 is 10.2 Å². The lowest BCUT2D eigenvalue weighted by molar-refractivity contribution is 0.0996. The summed E-state index contributed by atoms with van der Waals surface area (Å²) in [6.45, 7) is 4.00. The van der Waals surface area contributed by atoms with Crippen LogP contribution in [0.4, 0.5) is 15.8 Å². The Hall–Kier alpha value is -2.86. The lowest BCUT2D eigenvalue weighted by Crippen LogP contribution is -2.31. The van der Waals surface area contributed by atoms with Crippen LogP contribution >= 0.6 is 0 Å². The van der Waals surface area contributed by atoms with Crippen molar-refractivity contribution < 1.29 is 13.6 Å². The lowest BCUT2D eigenvalue weighted by Gasteiger charge is -2.22. The number of hydrogen-bond donors (Lipinski definition) is 1. The molecule has 6 heteroatoms. The van der Waals surface area contributed by atoms with E-state index in [1.807, 2.05) is 37.3 Å². The van der Waals surface area contributed by atoms with Gasteiger partial charge in [-0.2, -0.15) is 0 Å². The van der Waals surface area contributed by atoms with E-state index < -0.39 is 0 Å². The zero-order valence-corrected chi connectivity index (χ0v) is 17.7. The summed E-state index contributed by atoms with van der Waals surface area (Å²) in [6, 6.07) is 11.6. The van der Waals surface area contributed by atoms with Gasteiger partial charge in [0.15, 0.2) is 5.76 Å². The highest BCUT2D eigenvalue weighted by molar-refractivity contribution is 6.02. The van der Waals surface area contributed by atoms with E-state index in [-0.39, 0.29) is 23.4 Å². The number of likely N-dealkylation sites (N-methyl/N-ethyl adjacent to an activating group) is 1. The number of allylic oxidation sites excluding steroid dienone is 4. The Morgan fingerprint density at radius 2 is 1.97 bits per heavy atom. The predicted octanol–water partition coefficient (Wildman–Crippen LogP) is 4.95. The predicted molar refractivity (Wildman–Crippen MR) is 118 cm³/mol. The van der Waals surface area contributed by atoms with E-state index in [2.05, 4.69) is 29.2 Å². The smallest absolute Gasteiger partial charge is 0.291 e. The van der Waals surface area contributed by atoms with Gasteiger partial charge in [-0.25, -0.2) is 4.39 Å². The van der Waals surface area contributed by atoms with Crippen molar-refractivity contribution in [2.75, 3.05) is 37.4 Å². The summed E-state index contributed by atoms with van der Waals surface area (Å²) in [5.41, 5.74) is 2.26. The molecule has 1 aliphatic heterocycles. The Bertz CT molecular complexity index is 975. The van der Waals surface area contributed by atoms with Gasteiger partial charge in [0.2, 0.25) is 0 Å². The molecule has 158 valence electrons. The third-order valence-corrected chi connectivity index (χ3v) is 5.86. The number of furan rings is 1. The minimum absolute atomic E-state index is 0.162. The third-order valence-electron chi connectivity index (χ3n) is 5.86. The van der Waals surface area contributed by atoms with Crippen LogP contribution in [-0.2, 0) is 0 Å². The van der Waals surface area contributed by atoms with Gasteiger partial charge in [-0.3, -0.25) is 4.79 Å².